The van der Waals surface area contributed by atoms with Crippen LogP contribution in [0.25, 0.3) is 0 Å². The Labute approximate surface area is 95.1 Å². The van der Waals surface area contributed by atoms with Crippen molar-refractivity contribution in [2.45, 2.75) is 6.42 Å². The number of Topliss-reactive ketones (excluding diaryl/α,β-unsaturated/α-hetero) is 1. The minimum absolute atomic E-state index is 0.219. The van der Waals surface area contributed by atoms with E-state index in [9.17, 15) is 4.79 Å². The van der Waals surface area contributed by atoms with Crippen molar-refractivity contribution in [3.05, 3.63) is 22.4 Å². The molecule has 0 aromatic carbocycles. The van der Waals surface area contributed by atoms with Crippen LogP contribution in [0.5, 0.6) is 0 Å². The molecule has 0 aliphatic heterocycles. The van der Waals surface area contributed by atoms with Gasteiger partial charge in [-0.3, -0.25) is 9.69 Å². The van der Waals surface area contributed by atoms with Gasteiger partial charge in [-0.05, 0) is 45.1 Å². The number of nitrogens with one attached hydrogen (secondary N) is 1. The third-order valence-corrected chi connectivity index (χ3v) is 3.09. The van der Waals surface area contributed by atoms with Crippen molar-refractivity contribution in [1.29, 1.82) is 0 Å². The van der Waals surface area contributed by atoms with Crippen molar-refractivity contribution in [1.82, 2.24) is 10.2 Å². The van der Waals surface area contributed by atoms with Crippen LogP contribution in [0.3, 0.4) is 0 Å². The normalized spacial score (nSPS) is 10.9. The van der Waals surface area contributed by atoms with E-state index in [0.717, 1.165) is 24.4 Å². The third-order valence-electron chi connectivity index (χ3n) is 2.18. The van der Waals surface area contributed by atoms with E-state index >= 15 is 0 Å². The van der Waals surface area contributed by atoms with E-state index < -0.39 is 0 Å². The smallest absolute Gasteiger partial charge is 0.186 e. The first-order valence-electron chi connectivity index (χ1n) is 5.14. The van der Waals surface area contributed by atoms with Gasteiger partial charge in [0.05, 0.1) is 11.4 Å². The second kappa shape index (κ2) is 6.71. The zero-order chi connectivity index (χ0) is 11.1. The maximum atomic E-state index is 11.7. The maximum Gasteiger partial charge on any atom is 0.186 e. The van der Waals surface area contributed by atoms with Gasteiger partial charge in [-0.1, -0.05) is 6.07 Å². The average Bonchev–Trinajstić information content (AvgIpc) is 2.70. The Morgan fingerprint density at radius 1 is 1.60 bits per heavy atom. The lowest BCUT2D eigenvalue weighted by atomic mass is 10.3. The van der Waals surface area contributed by atoms with Crippen molar-refractivity contribution >= 4 is 17.1 Å². The van der Waals surface area contributed by atoms with Crippen LogP contribution in [0.2, 0.25) is 0 Å². The first kappa shape index (κ1) is 12.4. The summed E-state index contributed by atoms with van der Waals surface area (Å²) in [6, 6.07) is 3.80. The lowest BCUT2D eigenvalue weighted by Gasteiger charge is -2.14. The van der Waals surface area contributed by atoms with Crippen molar-refractivity contribution in [3.8, 4) is 0 Å². The Morgan fingerprint density at radius 3 is 3.00 bits per heavy atom. The van der Waals surface area contributed by atoms with Crippen LogP contribution >= 0.6 is 11.3 Å². The maximum absolute atomic E-state index is 11.7. The minimum atomic E-state index is 0.219. The number of nitrogens with zero attached hydrogens (tertiary/aromatic N) is 1. The number of thiophene rings is 1. The standard InChI is InChI=1S/C11H18N2OS/c1-12-6-4-7-13(2)9-10(14)11-5-3-8-15-11/h3,5,8,12H,4,6-7,9H2,1-2H3. The zero-order valence-electron chi connectivity index (χ0n) is 9.32. The second-order valence-corrected chi connectivity index (χ2v) is 4.54. The minimum Gasteiger partial charge on any atom is -0.320 e. The fourth-order valence-corrected chi connectivity index (χ4v) is 2.02. The Balaban J connectivity index is 2.26. The van der Waals surface area contributed by atoms with Gasteiger partial charge in [0.15, 0.2) is 5.78 Å². The molecule has 0 saturated heterocycles. The fraction of sp³-hybridized carbons (Fsp3) is 0.545. The molecular weight excluding hydrogens is 208 g/mol. The number of hydrogen-bond acceptors (Lipinski definition) is 4. The molecule has 0 bridgehead atoms. The van der Waals surface area contributed by atoms with Gasteiger partial charge in [0.25, 0.3) is 0 Å². The highest BCUT2D eigenvalue weighted by Crippen LogP contribution is 2.09. The van der Waals surface area contributed by atoms with Crippen molar-refractivity contribution < 1.29 is 4.79 Å². The van der Waals surface area contributed by atoms with Crippen LogP contribution < -0.4 is 5.32 Å². The molecule has 1 N–H and O–H groups in total. The molecule has 1 rings (SSSR count). The number of carbonyl (C=O) groups is 1. The molecule has 1 aromatic rings. The number of rotatable bonds is 7. The Morgan fingerprint density at radius 2 is 2.40 bits per heavy atom. The predicted octanol–water partition coefficient (Wildman–Crippen LogP) is 1.47. The quantitative estimate of drug-likeness (QED) is 0.564. The van der Waals surface area contributed by atoms with Gasteiger partial charge in [0.1, 0.15) is 0 Å². The molecule has 15 heavy (non-hydrogen) atoms. The third kappa shape index (κ3) is 4.55. The van der Waals surface area contributed by atoms with E-state index in [1.807, 2.05) is 31.6 Å². The summed E-state index contributed by atoms with van der Waals surface area (Å²) in [6.07, 6.45) is 1.07. The molecule has 1 aromatic heterocycles. The van der Waals surface area contributed by atoms with Gasteiger partial charge in [0, 0.05) is 0 Å². The number of carbonyl (C=O) groups excluding carboxylic acids is 1. The van der Waals surface area contributed by atoms with E-state index in [1.165, 1.54) is 11.3 Å². The summed E-state index contributed by atoms with van der Waals surface area (Å²) < 4.78 is 0. The molecule has 4 heteroatoms. The summed E-state index contributed by atoms with van der Waals surface area (Å²) in [5.74, 6) is 0.219. The second-order valence-electron chi connectivity index (χ2n) is 3.60. The predicted molar refractivity (Wildman–Crippen MR) is 64.7 cm³/mol. The molecule has 3 nitrogen and oxygen atoms in total. The first-order valence-corrected chi connectivity index (χ1v) is 6.02. The summed E-state index contributed by atoms with van der Waals surface area (Å²) in [5.41, 5.74) is 0. The van der Waals surface area contributed by atoms with Gasteiger partial charge in [-0.2, -0.15) is 0 Å². The molecule has 0 radical (unpaired) electrons. The summed E-state index contributed by atoms with van der Waals surface area (Å²) in [7, 11) is 3.93. The van der Waals surface area contributed by atoms with Crippen LogP contribution in [0, 0.1) is 0 Å². The molecule has 1 heterocycles. The SMILES string of the molecule is CNCCCN(C)CC(=O)c1cccs1. The molecular formula is C11H18N2OS. The summed E-state index contributed by atoms with van der Waals surface area (Å²) in [6.45, 7) is 2.47. The molecule has 0 saturated carbocycles. The van der Waals surface area contributed by atoms with Crippen LogP contribution in [0.1, 0.15) is 16.1 Å². The van der Waals surface area contributed by atoms with Crippen LogP contribution in [-0.2, 0) is 0 Å². The molecule has 84 valence electrons. The summed E-state index contributed by atoms with van der Waals surface area (Å²) >= 11 is 1.51. The monoisotopic (exact) mass is 226 g/mol. The molecule has 0 spiro atoms. The van der Waals surface area contributed by atoms with Crippen molar-refractivity contribution in [2.75, 3.05) is 33.7 Å². The van der Waals surface area contributed by atoms with Crippen LogP contribution in [-0.4, -0.2) is 44.4 Å². The van der Waals surface area contributed by atoms with Gasteiger partial charge >= 0.3 is 0 Å². The van der Waals surface area contributed by atoms with Crippen LogP contribution in [0.15, 0.2) is 17.5 Å². The van der Waals surface area contributed by atoms with E-state index in [4.69, 9.17) is 0 Å². The Kier molecular flexibility index (Phi) is 5.53. The lowest BCUT2D eigenvalue weighted by Crippen LogP contribution is -2.28. The van der Waals surface area contributed by atoms with Gasteiger partial charge in [-0.15, -0.1) is 11.3 Å². The van der Waals surface area contributed by atoms with Gasteiger partial charge in [0.2, 0.25) is 0 Å². The fourth-order valence-electron chi connectivity index (χ4n) is 1.37. The topological polar surface area (TPSA) is 32.3 Å². The van der Waals surface area contributed by atoms with E-state index in [1.54, 1.807) is 0 Å². The molecule has 0 aliphatic carbocycles. The largest absolute Gasteiger partial charge is 0.320 e. The van der Waals surface area contributed by atoms with E-state index in [0.29, 0.717) is 6.54 Å². The lowest BCUT2D eigenvalue weighted by molar-refractivity contribution is 0.0950. The highest BCUT2D eigenvalue weighted by atomic mass is 32.1. The Hall–Kier alpha value is -0.710. The molecule has 0 fully saturated rings. The average molecular weight is 226 g/mol. The number of hydrogen-bond donors (Lipinski definition) is 1. The van der Waals surface area contributed by atoms with Gasteiger partial charge in [-0.25, -0.2) is 0 Å². The highest BCUT2D eigenvalue weighted by molar-refractivity contribution is 7.12. The highest BCUT2D eigenvalue weighted by Gasteiger charge is 2.09. The van der Waals surface area contributed by atoms with E-state index in [2.05, 4.69) is 10.2 Å². The zero-order valence-corrected chi connectivity index (χ0v) is 10.1. The van der Waals surface area contributed by atoms with Crippen molar-refractivity contribution in [2.24, 2.45) is 0 Å². The molecule has 0 unspecified atom stereocenters. The Bertz CT molecular complexity index is 285. The summed E-state index contributed by atoms with van der Waals surface area (Å²) in [5, 5.41) is 5.03. The number of likely N-dealkylation sites (N-methyl/N-ethyl adjacent to an activating group) is 1. The summed E-state index contributed by atoms with van der Waals surface area (Å²) in [4.78, 5) is 14.6. The van der Waals surface area contributed by atoms with Crippen molar-refractivity contribution in [3.63, 3.8) is 0 Å². The molecule has 0 atom stereocenters. The van der Waals surface area contributed by atoms with Gasteiger partial charge < -0.3 is 5.32 Å². The van der Waals surface area contributed by atoms with Crippen LogP contribution in [0.4, 0.5) is 0 Å². The molecule has 0 aliphatic rings. The molecule has 0 amide bonds. The first-order chi connectivity index (χ1) is 7.24. The number of ketones is 1. The van der Waals surface area contributed by atoms with E-state index in [-0.39, 0.29) is 5.78 Å².